The highest BCUT2D eigenvalue weighted by molar-refractivity contribution is 5.83. The van der Waals surface area contributed by atoms with Crippen LogP contribution in [0.1, 0.15) is 54.1 Å². The first kappa shape index (κ1) is 22.7. The Hall–Kier alpha value is -2.95. The second-order valence-corrected chi connectivity index (χ2v) is 8.47. The fraction of sp³-hybridized carbons (Fsp3) is 0.650. The molecule has 2 aliphatic rings. The number of cyclic esters (lactones) is 2. The minimum absolute atomic E-state index is 0. The largest absolute Gasteiger partial charge is 0.465 e. The van der Waals surface area contributed by atoms with Gasteiger partial charge in [0.05, 0.1) is 6.61 Å². The van der Waals surface area contributed by atoms with Gasteiger partial charge in [-0.1, -0.05) is 0 Å². The van der Waals surface area contributed by atoms with Crippen LogP contribution < -0.4 is 11.0 Å². The van der Waals surface area contributed by atoms with Crippen molar-refractivity contribution in [3.05, 3.63) is 22.7 Å². The number of anilines is 1. The van der Waals surface area contributed by atoms with E-state index in [0.29, 0.717) is 12.8 Å². The van der Waals surface area contributed by atoms with Crippen molar-refractivity contribution in [2.75, 3.05) is 18.5 Å². The summed E-state index contributed by atoms with van der Waals surface area (Å²) in [6.45, 7) is 5.29. The molecular weight excluding hydrogens is 410 g/mol. The van der Waals surface area contributed by atoms with Crippen molar-refractivity contribution < 1.29 is 34.8 Å². The van der Waals surface area contributed by atoms with E-state index in [0.717, 1.165) is 0 Å². The van der Waals surface area contributed by atoms with Crippen LogP contribution in [0.15, 0.2) is 17.1 Å². The van der Waals surface area contributed by atoms with E-state index in [1.807, 2.05) is 0 Å². The van der Waals surface area contributed by atoms with Crippen LogP contribution in [0.25, 0.3) is 0 Å². The number of hydrogen-bond acceptors (Lipinski definition) is 9. The molecule has 0 bridgehead atoms. The first-order chi connectivity index (χ1) is 14.6. The maximum Gasteiger partial charge on any atom is 0.413 e. The van der Waals surface area contributed by atoms with E-state index in [2.05, 4.69) is 10.3 Å². The van der Waals surface area contributed by atoms with Crippen molar-refractivity contribution >= 4 is 23.8 Å². The van der Waals surface area contributed by atoms with Gasteiger partial charge < -0.3 is 18.9 Å². The Morgan fingerprint density at radius 2 is 1.87 bits per heavy atom. The molecule has 0 radical (unpaired) electrons. The van der Waals surface area contributed by atoms with Gasteiger partial charge in [-0.05, 0) is 33.3 Å². The Labute approximate surface area is 180 Å². The second kappa shape index (κ2) is 9.46. The number of fused-ring (bicyclic) bond motifs is 1. The van der Waals surface area contributed by atoms with E-state index in [4.69, 9.17) is 18.9 Å². The molecule has 11 nitrogen and oxygen atoms in total. The molecule has 2 saturated heterocycles. The number of hydrogen-bond donors (Lipinski definition) is 1. The molecule has 0 unspecified atom stereocenters. The van der Waals surface area contributed by atoms with Crippen LogP contribution in [0.2, 0.25) is 0 Å². The van der Waals surface area contributed by atoms with Crippen molar-refractivity contribution in [1.82, 2.24) is 9.55 Å². The van der Waals surface area contributed by atoms with Crippen LogP contribution >= 0.6 is 0 Å². The Bertz CT molecular complexity index is 870. The summed E-state index contributed by atoms with van der Waals surface area (Å²) in [5, 5.41) is 2.41. The number of rotatable bonds is 2. The molecule has 3 atom stereocenters. The third-order valence-electron chi connectivity index (χ3n) is 4.76. The zero-order valence-corrected chi connectivity index (χ0v) is 17.8. The molecule has 0 spiro atoms. The summed E-state index contributed by atoms with van der Waals surface area (Å²) < 4.78 is 22.9. The zero-order valence-electron chi connectivity index (χ0n) is 17.8. The standard InChI is InChI=1S/C20H27N3O8.H2/c1-20(2,3)31-19(27)22-14-7-8-23(18(26)21-14)15-9-12-10-28-16(24)5-4-6-17(25)29-11-13(12)30-15;/h7-8,12-13,15H,4-6,9-11H2,1-3H3,(H,21,22,26,27);1H/t12-,13-,15-;/m1./s1. The number of ether oxygens (including phenoxy) is 4. The SMILES string of the molecule is CC(C)(C)OC(=O)Nc1ccn([C@H]2C[C@@H]3COC(=O)CCCC(=O)OC[C@H]3O2)c(=O)n1.[HH]. The van der Waals surface area contributed by atoms with Crippen LogP contribution in [0.4, 0.5) is 10.6 Å². The lowest BCUT2D eigenvalue weighted by Crippen LogP contribution is -2.31. The zero-order chi connectivity index (χ0) is 22.6. The highest BCUT2D eigenvalue weighted by atomic mass is 16.6. The average Bonchev–Trinajstić information content (AvgIpc) is 3.04. The van der Waals surface area contributed by atoms with E-state index in [1.165, 1.54) is 16.8 Å². The molecule has 1 aromatic rings. The fourth-order valence-electron chi connectivity index (χ4n) is 3.32. The lowest BCUT2D eigenvalue weighted by molar-refractivity contribution is -0.150. The van der Waals surface area contributed by atoms with Gasteiger partial charge in [-0.2, -0.15) is 4.98 Å². The van der Waals surface area contributed by atoms with Crippen molar-refractivity contribution in [3.8, 4) is 0 Å². The topological polar surface area (TPSA) is 135 Å². The first-order valence-electron chi connectivity index (χ1n) is 10.2. The number of aromatic nitrogens is 2. The number of amides is 1. The highest BCUT2D eigenvalue weighted by Gasteiger charge is 2.38. The lowest BCUT2D eigenvalue weighted by Gasteiger charge is -2.19. The van der Waals surface area contributed by atoms with Gasteiger partial charge in [-0.25, -0.2) is 9.59 Å². The van der Waals surface area contributed by atoms with Gasteiger partial charge in [-0.15, -0.1) is 0 Å². The minimum Gasteiger partial charge on any atom is -0.465 e. The van der Waals surface area contributed by atoms with Gasteiger partial charge >= 0.3 is 23.7 Å². The molecular formula is C20H29N3O8. The van der Waals surface area contributed by atoms with E-state index in [1.54, 1.807) is 20.8 Å². The monoisotopic (exact) mass is 439 g/mol. The molecule has 1 aromatic heterocycles. The molecule has 0 aromatic carbocycles. The molecule has 1 amide bonds. The van der Waals surface area contributed by atoms with E-state index in [9.17, 15) is 19.2 Å². The fourth-order valence-corrected chi connectivity index (χ4v) is 3.32. The molecule has 2 aliphatic heterocycles. The number of nitrogens with zero attached hydrogens (tertiary/aromatic N) is 2. The van der Waals surface area contributed by atoms with Gasteiger partial charge in [0, 0.05) is 32.8 Å². The van der Waals surface area contributed by atoms with E-state index in [-0.39, 0.29) is 45.2 Å². The summed E-state index contributed by atoms with van der Waals surface area (Å²) in [6.07, 6.45) is 0.555. The molecule has 2 fully saturated rings. The second-order valence-electron chi connectivity index (χ2n) is 8.47. The van der Waals surface area contributed by atoms with Gasteiger partial charge in [-0.3, -0.25) is 19.5 Å². The molecule has 0 saturated carbocycles. The predicted molar refractivity (Wildman–Crippen MR) is 108 cm³/mol. The number of carbonyl (C=O) groups excluding carboxylic acids is 3. The van der Waals surface area contributed by atoms with Crippen LogP contribution in [0.5, 0.6) is 0 Å². The normalized spacial score (nSPS) is 24.9. The maximum absolute atomic E-state index is 12.5. The minimum atomic E-state index is -0.723. The Balaban J connectivity index is 0.00000363. The first-order valence-corrected chi connectivity index (χ1v) is 10.2. The quantitative estimate of drug-likeness (QED) is 0.542. The van der Waals surface area contributed by atoms with Gasteiger partial charge in [0.1, 0.15) is 30.4 Å². The smallest absolute Gasteiger partial charge is 0.413 e. The third-order valence-corrected chi connectivity index (χ3v) is 4.76. The Morgan fingerprint density at radius 3 is 2.52 bits per heavy atom. The van der Waals surface area contributed by atoms with E-state index < -0.39 is 35.7 Å². The van der Waals surface area contributed by atoms with Crippen LogP contribution in [-0.4, -0.2) is 52.5 Å². The van der Waals surface area contributed by atoms with E-state index >= 15 is 0 Å². The lowest BCUT2D eigenvalue weighted by atomic mass is 10.0. The predicted octanol–water partition coefficient (Wildman–Crippen LogP) is 2.01. The van der Waals surface area contributed by atoms with Gasteiger partial charge in [0.15, 0.2) is 0 Å². The molecule has 172 valence electrons. The summed E-state index contributed by atoms with van der Waals surface area (Å²) in [5.74, 6) is -0.983. The molecule has 3 rings (SSSR count). The number of esters is 2. The molecule has 1 N–H and O–H groups in total. The number of carbonyl (C=O) groups is 3. The van der Waals surface area contributed by atoms with Crippen LogP contribution in [0, 0.1) is 5.92 Å². The highest BCUT2D eigenvalue weighted by Crippen LogP contribution is 2.33. The Kier molecular flexibility index (Phi) is 6.94. The van der Waals surface area contributed by atoms with Crippen LogP contribution in [-0.2, 0) is 28.5 Å². The molecule has 0 aliphatic carbocycles. The van der Waals surface area contributed by atoms with Gasteiger partial charge in [0.2, 0.25) is 0 Å². The van der Waals surface area contributed by atoms with Crippen molar-refractivity contribution in [2.45, 2.75) is 64.4 Å². The Morgan fingerprint density at radius 1 is 1.19 bits per heavy atom. The summed E-state index contributed by atoms with van der Waals surface area (Å²) >= 11 is 0. The van der Waals surface area contributed by atoms with Crippen molar-refractivity contribution in [3.63, 3.8) is 0 Å². The van der Waals surface area contributed by atoms with Crippen molar-refractivity contribution in [2.24, 2.45) is 5.92 Å². The summed E-state index contributed by atoms with van der Waals surface area (Å²) in [6, 6.07) is 1.45. The maximum atomic E-state index is 12.5. The summed E-state index contributed by atoms with van der Waals surface area (Å²) in [5.41, 5.74) is -1.32. The molecule has 31 heavy (non-hydrogen) atoms. The average molecular weight is 439 g/mol. The summed E-state index contributed by atoms with van der Waals surface area (Å²) in [4.78, 5) is 51.8. The van der Waals surface area contributed by atoms with Crippen LogP contribution in [0.3, 0.4) is 0 Å². The van der Waals surface area contributed by atoms with Crippen molar-refractivity contribution in [1.29, 1.82) is 0 Å². The number of nitrogens with one attached hydrogen (secondary N) is 1. The third kappa shape index (κ3) is 6.51. The molecule has 3 heterocycles. The summed E-state index contributed by atoms with van der Waals surface area (Å²) in [7, 11) is 0. The van der Waals surface area contributed by atoms with Gasteiger partial charge in [0.25, 0.3) is 0 Å². The molecule has 11 heteroatoms.